The molecule has 0 radical (unpaired) electrons. The largest absolute Gasteiger partial charge is 0.326 e. The lowest BCUT2D eigenvalue weighted by molar-refractivity contribution is -0.115. The molecule has 0 saturated carbocycles. The van der Waals surface area contributed by atoms with Crippen LogP contribution in [0.4, 0.5) is 10.1 Å². The van der Waals surface area contributed by atoms with Gasteiger partial charge < -0.3 is 5.32 Å². The first-order valence-corrected chi connectivity index (χ1v) is 7.29. The Morgan fingerprint density at radius 2 is 2.21 bits per heavy atom. The van der Waals surface area contributed by atoms with Crippen molar-refractivity contribution >= 4 is 27.5 Å². The summed E-state index contributed by atoms with van der Waals surface area (Å²) in [5.74, 6) is -0.347. The van der Waals surface area contributed by atoms with Crippen LogP contribution in [-0.4, -0.2) is 5.91 Å². The molecule has 0 bridgehead atoms. The molecular formula is C15H17BrFNO. The van der Waals surface area contributed by atoms with Crippen LogP contribution in [0, 0.1) is 12.7 Å². The van der Waals surface area contributed by atoms with E-state index in [4.69, 9.17) is 0 Å². The lowest BCUT2D eigenvalue weighted by Crippen LogP contribution is -2.14. The van der Waals surface area contributed by atoms with E-state index in [-0.39, 0.29) is 11.7 Å². The van der Waals surface area contributed by atoms with Gasteiger partial charge in [-0.2, -0.15) is 0 Å². The molecule has 1 aliphatic carbocycles. The molecule has 1 aromatic rings. The molecular weight excluding hydrogens is 309 g/mol. The Hall–Kier alpha value is -1.16. The number of carbonyl (C=O) groups excluding carboxylic acids is 1. The SMILES string of the molecule is Cc1cc(F)c(Br)cc1NC(=O)CC1=CCCCC1. The Morgan fingerprint density at radius 3 is 2.89 bits per heavy atom. The van der Waals surface area contributed by atoms with Crippen molar-refractivity contribution in [3.05, 3.63) is 39.6 Å². The molecule has 2 nitrogen and oxygen atoms in total. The number of benzene rings is 1. The first-order chi connectivity index (χ1) is 9.06. The minimum atomic E-state index is -0.314. The zero-order valence-electron chi connectivity index (χ0n) is 10.9. The van der Waals surface area contributed by atoms with Crippen molar-refractivity contribution in [1.29, 1.82) is 0 Å². The van der Waals surface area contributed by atoms with Crippen molar-refractivity contribution in [2.24, 2.45) is 0 Å². The van der Waals surface area contributed by atoms with E-state index in [1.807, 2.05) is 0 Å². The highest BCUT2D eigenvalue weighted by Gasteiger charge is 2.11. The summed E-state index contributed by atoms with van der Waals surface area (Å²) >= 11 is 3.13. The third kappa shape index (κ3) is 3.90. The van der Waals surface area contributed by atoms with Crippen LogP contribution in [-0.2, 0) is 4.79 Å². The molecule has 0 aliphatic heterocycles. The molecule has 0 aromatic heterocycles. The summed E-state index contributed by atoms with van der Waals surface area (Å²) in [5.41, 5.74) is 2.60. The van der Waals surface area contributed by atoms with Gasteiger partial charge in [0.15, 0.2) is 0 Å². The van der Waals surface area contributed by atoms with Crippen LogP contribution < -0.4 is 5.32 Å². The van der Waals surface area contributed by atoms with E-state index in [9.17, 15) is 9.18 Å². The van der Waals surface area contributed by atoms with Crippen molar-refractivity contribution in [3.63, 3.8) is 0 Å². The van der Waals surface area contributed by atoms with Gasteiger partial charge in [-0.25, -0.2) is 4.39 Å². The number of rotatable bonds is 3. The number of amides is 1. The van der Waals surface area contributed by atoms with Crippen LogP contribution in [0.15, 0.2) is 28.3 Å². The highest BCUT2D eigenvalue weighted by Crippen LogP contribution is 2.25. The monoisotopic (exact) mass is 325 g/mol. The zero-order chi connectivity index (χ0) is 13.8. The summed E-state index contributed by atoms with van der Waals surface area (Å²) in [5, 5.41) is 2.85. The Bertz CT molecular complexity index is 525. The highest BCUT2D eigenvalue weighted by atomic mass is 79.9. The highest BCUT2D eigenvalue weighted by molar-refractivity contribution is 9.10. The summed E-state index contributed by atoms with van der Waals surface area (Å²) < 4.78 is 13.7. The molecule has 2 rings (SSSR count). The van der Waals surface area contributed by atoms with Crippen molar-refractivity contribution < 1.29 is 9.18 Å². The smallest absolute Gasteiger partial charge is 0.228 e. The number of nitrogens with one attached hydrogen (secondary N) is 1. The van der Waals surface area contributed by atoms with E-state index in [0.717, 1.165) is 18.4 Å². The zero-order valence-corrected chi connectivity index (χ0v) is 12.5. The van der Waals surface area contributed by atoms with Crippen molar-refractivity contribution in [1.82, 2.24) is 0 Å². The van der Waals surface area contributed by atoms with Gasteiger partial charge >= 0.3 is 0 Å². The maximum Gasteiger partial charge on any atom is 0.228 e. The first-order valence-electron chi connectivity index (χ1n) is 6.49. The quantitative estimate of drug-likeness (QED) is 0.800. The molecule has 102 valence electrons. The van der Waals surface area contributed by atoms with Crippen LogP contribution in [0.2, 0.25) is 0 Å². The number of aryl methyl sites for hydroxylation is 1. The van der Waals surface area contributed by atoms with E-state index < -0.39 is 0 Å². The fourth-order valence-electron chi connectivity index (χ4n) is 2.25. The van der Waals surface area contributed by atoms with Gasteiger partial charge in [0.25, 0.3) is 0 Å². The number of carbonyl (C=O) groups is 1. The minimum absolute atomic E-state index is 0.0326. The molecule has 19 heavy (non-hydrogen) atoms. The van der Waals surface area contributed by atoms with E-state index in [0.29, 0.717) is 16.6 Å². The second kappa shape index (κ2) is 6.33. The van der Waals surface area contributed by atoms with Gasteiger partial charge in [0.05, 0.1) is 4.47 Å². The van der Waals surface area contributed by atoms with Gasteiger partial charge in [-0.3, -0.25) is 4.79 Å². The first kappa shape index (κ1) is 14.3. The molecule has 1 aliphatic rings. The second-order valence-electron chi connectivity index (χ2n) is 4.91. The van der Waals surface area contributed by atoms with Crippen LogP contribution in [0.5, 0.6) is 0 Å². The molecule has 1 amide bonds. The molecule has 0 spiro atoms. The van der Waals surface area contributed by atoms with E-state index in [1.165, 1.54) is 24.5 Å². The average molecular weight is 326 g/mol. The van der Waals surface area contributed by atoms with E-state index >= 15 is 0 Å². The lowest BCUT2D eigenvalue weighted by Gasteiger charge is -2.14. The second-order valence-corrected chi connectivity index (χ2v) is 5.77. The normalized spacial score (nSPS) is 15.0. The number of halogens is 2. The number of hydrogen-bond donors (Lipinski definition) is 1. The number of allylic oxidation sites excluding steroid dienone is 1. The lowest BCUT2D eigenvalue weighted by atomic mass is 9.97. The average Bonchev–Trinajstić information content (AvgIpc) is 2.37. The fourth-order valence-corrected chi connectivity index (χ4v) is 2.59. The summed E-state index contributed by atoms with van der Waals surface area (Å²) in [6.07, 6.45) is 7.07. The van der Waals surface area contributed by atoms with Crippen LogP contribution in [0.1, 0.15) is 37.7 Å². The maximum atomic E-state index is 13.3. The van der Waals surface area contributed by atoms with E-state index in [2.05, 4.69) is 27.3 Å². The van der Waals surface area contributed by atoms with Gasteiger partial charge in [0.1, 0.15) is 5.82 Å². The van der Waals surface area contributed by atoms with Crippen LogP contribution >= 0.6 is 15.9 Å². The third-order valence-corrected chi connectivity index (χ3v) is 3.92. The Morgan fingerprint density at radius 1 is 1.42 bits per heavy atom. The Labute approximate surface area is 121 Å². The van der Waals surface area contributed by atoms with Crippen LogP contribution in [0.25, 0.3) is 0 Å². The molecule has 4 heteroatoms. The molecule has 0 heterocycles. The van der Waals surface area contributed by atoms with E-state index in [1.54, 1.807) is 13.0 Å². The molecule has 0 unspecified atom stereocenters. The summed E-state index contributed by atoms with van der Waals surface area (Å²) in [4.78, 5) is 12.0. The third-order valence-electron chi connectivity index (χ3n) is 3.31. The standard InChI is InChI=1S/C15H17BrFNO/c1-10-7-13(17)12(16)9-14(10)18-15(19)8-11-5-3-2-4-6-11/h5,7,9H,2-4,6,8H2,1H3,(H,18,19). The summed E-state index contributed by atoms with van der Waals surface area (Å²) in [6, 6.07) is 3.03. The van der Waals surface area contributed by atoms with Gasteiger partial charge in [-0.1, -0.05) is 11.6 Å². The Kier molecular flexibility index (Phi) is 4.75. The summed E-state index contributed by atoms with van der Waals surface area (Å²) in [6.45, 7) is 1.78. The fraction of sp³-hybridized carbons (Fsp3) is 0.400. The predicted octanol–water partition coefficient (Wildman–Crippen LogP) is 4.73. The minimum Gasteiger partial charge on any atom is -0.326 e. The van der Waals surface area contributed by atoms with Crippen molar-refractivity contribution in [2.45, 2.75) is 39.0 Å². The van der Waals surface area contributed by atoms with Crippen LogP contribution in [0.3, 0.4) is 0 Å². The Balaban J connectivity index is 2.02. The predicted molar refractivity (Wildman–Crippen MR) is 78.6 cm³/mol. The molecule has 1 aromatic carbocycles. The number of hydrogen-bond acceptors (Lipinski definition) is 1. The maximum absolute atomic E-state index is 13.3. The number of anilines is 1. The van der Waals surface area contributed by atoms with Gasteiger partial charge in [0, 0.05) is 12.1 Å². The van der Waals surface area contributed by atoms with Gasteiger partial charge in [0.2, 0.25) is 5.91 Å². The molecule has 1 N–H and O–H groups in total. The molecule has 0 fully saturated rings. The summed E-state index contributed by atoms with van der Waals surface area (Å²) in [7, 11) is 0. The topological polar surface area (TPSA) is 29.1 Å². The van der Waals surface area contributed by atoms with Crippen molar-refractivity contribution in [2.75, 3.05) is 5.32 Å². The molecule has 0 atom stereocenters. The van der Waals surface area contributed by atoms with Crippen molar-refractivity contribution in [3.8, 4) is 0 Å². The van der Waals surface area contributed by atoms with Gasteiger partial charge in [-0.15, -0.1) is 0 Å². The van der Waals surface area contributed by atoms with Gasteiger partial charge in [-0.05, 0) is 66.2 Å². The molecule has 0 saturated heterocycles.